The van der Waals surface area contributed by atoms with Crippen LogP contribution in [-0.4, -0.2) is 24.6 Å². The quantitative estimate of drug-likeness (QED) is 0.787. The van der Waals surface area contributed by atoms with Gasteiger partial charge in [-0.3, -0.25) is 4.72 Å². The zero-order valence-electron chi connectivity index (χ0n) is 11.7. The monoisotopic (exact) mass is 294 g/mol. The van der Waals surface area contributed by atoms with Crippen molar-refractivity contribution in [2.45, 2.75) is 20.4 Å². The molecule has 2 rings (SSSR count). The number of hydrogen-bond acceptors (Lipinski definition) is 4. The standard InChI is InChI=1S/C13H18N4O2S/c1-9-6-11(4-5-13(9)17-20(3,18)19)15-8-12-7-14-10(2)16-12/h4-7,15,17H,8H2,1-3H3,(H,14,16). The van der Waals surface area contributed by atoms with Gasteiger partial charge in [0, 0.05) is 5.69 Å². The molecule has 0 saturated carbocycles. The summed E-state index contributed by atoms with van der Waals surface area (Å²) in [6, 6.07) is 5.48. The van der Waals surface area contributed by atoms with E-state index in [0.717, 1.165) is 29.0 Å². The van der Waals surface area contributed by atoms with Crippen molar-refractivity contribution in [3.8, 4) is 0 Å². The Bertz CT molecular complexity index is 707. The zero-order valence-corrected chi connectivity index (χ0v) is 12.5. The first-order valence-corrected chi connectivity index (χ1v) is 8.05. The predicted molar refractivity (Wildman–Crippen MR) is 80.3 cm³/mol. The molecule has 0 aliphatic carbocycles. The van der Waals surface area contributed by atoms with Crippen LogP contribution >= 0.6 is 0 Å². The first-order valence-electron chi connectivity index (χ1n) is 6.16. The molecule has 7 heteroatoms. The molecule has 20 heavy (non-hydrogen) atoms. The van der Waals surface area contributed by atoms with E-state index >= 15 is 0 Å². The van der Waals surface area contributed by atoms with Gasteiger partial charge in [0.1, 0.15) is 5.82 Å². The minimum absolute atomic E-state index is 0.593. The van der Waals surface area contributed by atoms with E-state index in [4.69, 9.17) is 0 Å². The molecule has 0 saturated heterocycles. The molecule has 3 N–H and O–H groups in total. The van der Waals surface area contributed by atoms with Gasteiger partial charge in [0.05, 0.1) is 30.4 Å². The van der Waals surface area contributed by atoms with Gasteiger partial charge in [0.15, 0.2) is 0 Å². The number of hydrogen-bond donors (Lipinski definition) is 3. The lowest BCUT2D eigenvalue weighted by molar-refractivity contribution is 0.607. The molecule has 0 radical (unpaired) electrons. The summed E-state index contributed by atoms with van der Waals surface area (Å²) in [6.45, 7) is 4.40. The van der Waals surface area contributed by atoms with Crippen LogP contribution < -0.4 is 10.0 Å². The van der Waals surface area contributed by atoms with E-state index in [1.807, 2.05) is 26.0 Å². The van der Waals surface area contributed by atoms with Crippen LogP contribution in [0.1, 0.15) is 17.1 Å². The third kappa shape index (κ3) is 3.99. The molecule has 0 atom stereocenters. The molecule has 6 nitrogen and oxygen atoms in total. The Labute approximate surface area is 118 Å². The first kappa shape index (κ1) is 14.4. The molecule has 1 aromatic heterocycles. The van der Waals surface area contributed by atoms with Gasteiger partial charge < -0.3 is 10.3 Å². The highest BCUT2D eigenvalue weighted by molar-refractivity contribution is 7.92. The SMILES string of the molecule is Cc1ncc(CNc2ccc(NS(C)(=O)=O)c(C)c2)[nH]1. The summed E-state index contributed by atoms with van der Waals surface area (Å²) in [4.78, 5) is 7.27. The van der Waals surface area contributed by atoms with E-state index in [1.54, 1.807) is 12.3 Å². The maximum atomic E-state index is 11.2. The van der Waals surface area contributed by atoms with Crippen molar-refractivity contribution < 1.29 is 8.42 Å². The lowest BCUT2D eigenvalue weighted by Gasteiger charge is -2.11. The minimum Gasteiger partial charge on any atom is -0.379 e. The van der Waals surface area contributed by atoms with Crippen LogP contribution in [-0.2, 0) is 16.6 Å². The van der Waals surface area contributed by atoms with Crippen molar-refractivity contribution in [1.82, 2.24) is 9.97 Å². The number of benzene rings is 1. The molecular weight excluding hydrogens is 276 g/mol. The Morgan fingerprint density at radius 3 is 2.60 bits per heavy atom. The number of rotatable bonds is 5. The second kappa shape index (κ2) is 5.54. The maximum Gasteiger partial charge on any atom is 0.229 e. The van der Waals surface area contributed by atoms with Gasteiger partial charge >= 0.3 is 0 Å². The summed E-state index contributed by atoms with van der Waals surface area (Å²) in [6.07, 6.45) is 2.92. The summed E-state index contributed by atoms with van der Waals surface area (Å²) < 4.78 is 24.9. The van der Waals surface area contributed by atoms with Crippen LogP contribution in [0.2, 0.25) is 0 Å². The number of anilines is 2. The van der Waals surface area contributed by atoms with E-state index in [0.29, 0.717) is 12.2 Å². The van der Waals surface area contributed by atoms with Gasteiger partial charge in [-0.2, -0.15) is 0 Å². The van der Waals surface area contributed by atoms with E-state index < -0.39 is 10.0 Å². The highest BCUT2D eigenvalue weighted by atomic mass is 32.2. The maximum absolute atomic E-state index is 11.2. The third-order valence-electron chi connectivity index (χ3n) is 2.76. The number of aryl methyl sites for hydroxylation is 2. The Hall–Kier alpha value is -2.02. The topological polar surface area (TPSA) is 86.9 Å². The normalized spacial score (nSPS) is 11.3. The average molecular weight is 294 g/mol. The largest absolute Gasteiger partial charge is 0.379 e. The fraction of sp³-hybridized carbons (Fsp3) is 0.308. The fourth-order valence-corrected chi connectivity index (χ4v) is 2.48. The molecule has 0 fully saturated rings. The van der Waals surface area contributed by atoms with Crippen LogP contribution in [0, 0.1) is 13.8 Å². The summed E-state index contributed by atoms with van der Waals surface area (Å²) in [7, 11) is -3.25. The Balaban J connectivity index is 2.05. The van der Waals surface area contributed by atoms with Crippen LogP contribution in [0.25, 0.3) is 0 Å². The predicted octanol–water partition coefficient (Wildman–Crippen LogP) is 2.01. The Morgan fingerprint density at radius 1 is 1.30 bits per heavy atom. The van der Waals surface area contributed by atoms with E-state index in [9.17, 15) is 8.42 Å². The molecule has 1 aromatic carbocycles. The fourth-order valence-electron chi connectivity index (χ4n) is 1.85. The Kier molecular flexibility index (Phi) is 3.99. The zero-order chi connectivity index (χ0) is 14.8. The van der Waals surface area contributed by atoms with Crippen LogP contribution in [0.4, 0.5) is 11.4 Å². The summed E-state index contributed by atoms with van der Waals surface area (Å²) in [5, 5.41) is 3.26. The van der Waals surface area contributed by atoms with Crippen molar-refractivity contribution in [3.05, 3.63) is 41.5 Å². The van der Waals surface area contributed by atoms with Gasteiger partial charge in [0.2, 0.25) is 10.0 Å². The van der Waals surface area contributed by atoms with Crippen molar-refractivity contribution in [3.63, 3.8) is 0 Å². The first-order chi connectivity index (χ1) is 9.33. The summed E-state index contributed by atoms with van der Waals surface area (Å²) >= 11 is 0. The highest BCUT2D eigenvalue weighted by Crippen LogP contribution is 2.20. The van der Waals surface area contributed by atoms with Crippen molar-refractivity contribution in [2.24, 2.45) is 0 Å². The van der Waals surface area contributed by atoms with Gasteiger partial charge in [-0.15, -0.1) is 0 Å². The number of nitrogens with one attached hydrogen (secondary N) is 3. The number of aromatic nitrogens is 2. The number of sulfonamides is 1. The van der Waals surface area contributed by atoms with Crippen molar-refractivity contribution in [1.29, 1.82) is 0 Å². The lowest BCUT2D eigenvalue weighted by atomic mass is 10.2. The number of H-pyrrole nitrogens is 1. The van der Waals surface area contributed by atoms with Gasteiger partial charge in [0.25, 0.3) is 0 Å². The van der Waals surface area contributed by atoms with Crippen LogP contribution in [0.15, 0.2) is 24.4 Å². The Morgan fingerprint density at radius 2 is 2.05 bits per heavy atom. The summed E-state index contributed by atoms with van der Waals surface area (Å²) in [5.74, 6) is 0.880. The molecule has 0 unspecified atom stereocenters. The molecule has 0 amide bonds. The molecule has 0 aliphatic heterocycles. The number of aromatic amines is 1. The summed E-state index contributed by atoms with van der Waals surface area (Å²) in [5.41, 5.74) is 3.38. The average Bonchev–Trinajstić information content (AvgIpc) is 2.74. The minimum atomic E-state index is -3.25. The third-order valence-corrected chi connectivity index (χ3v) is 3.35. The number of nitrogens with zero attached hydrogens (tertiary/aromatic N) is 1. The van der Waals surface area contributed by atoms with Crippen LogP contribution in [0.3, 0.4) is 0 Å². The van der Waals surface area contributed by atoms with Crippen molar-refractivity contribution in [2.75, 3.05) is 16.3 Å². The second-order valence-electron chi connectivity index (χ2n) is 4.75. The smallest absolute Gasteiger partial charge is 0.229 e. The molecule has 108 valence electrons. The van der Waals surface area contributed by atoms with Crippen molar-refractivity contribution >= 4 is 21.4 Å². The van der Waals surface area contributed by atoms with E-state index in [-0.39, 0.29) is 0 Å². The lowest BCUT2D eigenvalue weighted by Crippen LogP contribution is -2.10. The molecule has 0 aliphatic rings. The van der Waals surface area contributed by atoms with Gasteiger partial charge in [-0.05, 0) is 37.6 Å². The van der Waals surface area contributed by atoms with Gasteiger partial charge in [-0.1, -0.05) is 0 Å². The van der Waals surface area contributed by atoms with E-state index in [2.05, 4.69) is 20.0 Å². The molecule has 0 bridgehead atoms. The van der Waals surface area contributed by atoms with E-state index in [1.165, 1.54) is 0 Å². The van der Waals surface area contributed by atoms with Gasteiger partial charge in [-0.25, -0.2) is 13.4 Å². The number of imidazole rings is 1. The highest BCUT2D eigenvalue weighted by Gasteiger charge is 2.05. The van der Waals surface area contributed by atoms with Crippen LogP contribution in [0.5, 0.6) is 0 Å². The second-order valence-corrected chi connectivity index (χ2v) is 6.50. The molecular formula is C13H18N4O2S. The molecule has 2 aromatic rings. The molecule has 1 heterocycles. The molecule has 0 spiro atoms.